The molecule has 2 nitrogen and oxygen atoms in total. The zero-order chi connectivity index (χ0) is 24.1. The van der Waals surface area contributed by atoms with Crippen LogP contribution in [0.3, 0.4) is 0 Å². The monoisotopic (exact) mass is 600 g/mol. The predicted molar refractivity (Wildman–Crippen MR) is 152 cm³/mol. The molecule has 0 aliphatic rings. The summed E-state index contributed by atoms with van der Waals surface area (Å²) in [7, 11) is 13.1. The van der Waals surface area contributed by atoms with Gasteiger partial charge in [-0.2, -0.15) is 0 Å². The van der Waals surface area contributed by atoms with Gasteiger partial charge in [-0.15, -0.1) is 0 Å². The minimum absolute atomic E-state index is 0.912. The van der Waals surface area contributed by atoms with E-state index in [0.29, 0.717) is 0 Å². The van der Waals surface area contributed by atoms with Gasteiger partial charge >= 0.3 is 102 Å². The van der Waals surface area contributed by atoms with Gasteiger partial charge in [-0.25, -0.2) is 9.97 Å². The average molecular weight is 600 g/mol. The van der Waals surface area contributed by atoms with Crippen LogP contribution in [0.1, 0.15) is 0 Å². The number of fused-ring (bicyclic) bond motifs is 2. The number of pyridine rings is 2. The third-order valence-electron chi connectivity index (χ3n) is 5.73. The fourth-order valence-electron chi connectivity index (χ4n) is 3.88. The van der Waals surface area contributed by atoms with Gasteiger partial charge in [0, 0.05) is 10.8 Å². The first-order valence-electron chi connectivity index (χ1n) is 11.3. The van der Waals surface area contributed by atoms with Crippen molar-refractivity contribution in [2.45, 2.75) is 0 Å². The van der Waals surface area contributed by atoms with Crippen LogP contribution in [0.15, 0.2) is 133 Å². The maximum Gasteiger partial charge on any atom is 0.0894 e. The number of hydrogen-bond donors (Lipinski definition) is 0. The summed E-state index contributed by atoms with van der Waals surface area (Å²) >= 11 is -3.30. The summed E-state index contributed by atoms with van der Waals surface area (Å²) < 4.78 is 2.20. The van der Waals surface area contributed by atoms with Gasteiger partial charge < -0.3 is 0 Å². The van der Waals surface area contributed by atoms with Crippen molar-refractivity contribution < 1.29 is 0 Å². The molecule has 170 valence electrons. The summed E-state index contributed by atoms with van der Waals surface area (Å²) in [6.45, 7) is 0. The SMILES string of the molecule is [Cl][Sn]([Cl])([c]1ccccc1)[c]1ccccc1.c1ccc2nc(-c3ccc4ccccc4n3)ccc2c1. The van der Waals surface area contributed by atoms with Gasteiger partial charge in [-0.1, -0.05) is 48.5 Å². The van der Waals surface area contributed by atoms with Crippen LogP contribution in [0.5, 0.6) is 0 Å². The molecule has 0 bridgehead atoms. The smallest absolute Gasteiger partial charge is 0.0894 e. The molecule has 5 heteroatoms. The van der Waals surface area contributed by atoms with E-state index < -0.39 is 16.1 Å². The quantitative estimate of drug-likeness (QED) is 0.202. The summed E-state index contributed by atoms with van der Waals surface area (Å²) in [6, 6.07) is 44.4. The molecule has 0 radical (unpaired) electrons. The second kappa shape index (κ2) is 10.8. The molecule has 0 atom stereocenters. The molecular weight excluding hydrogens is 578 g/mol. The van der Waals surface area contributed by atoms with Crippen molar-refractivity contribution in [2.24, 2.45) is 0 Å². The first kappa shape index (κ1) is 23.8. The summed E-state index contributed by atoms with van der Waals surface area (Å²) in [5.41, 5.74) is 3.82. The topological polar surface area (TPSA) is 25.8 Å². The van der Waals surface area contributed by atoms with Crippen molar-refractivity contribution in [1.29, 1.82) is 0 Å². The van der Waals surface area contributed by atoms with Crippen molar-refractivity contribution in [3.8, 4) is 11.4 Å². The second-order valence-corrected chi connectivity index (χ2v) is 23.6. The molecule has 0 aliphatic heterocycles. The molecule has 0 aliphatic carbocycles. The summed E-state index contributed by atoms with van der Waals surface area (Å²) in [4.78, 5) is 9.38. The number of nitrogens with zero attached hydrogens (tertiary/aromatic N) is 2. The summed E-state index contributed by atoms with van der Waals surface area (Å²) in [6.07, 6.45) is 0. The normalized spacial score (nSPS) is 11.1. The van der Waals surface area contributed by atoms with E-state index in [-0.39, 0.29) is 0 Å². The van der Waals surface area contributed by atoms with Crippen molar-refractivity contribution in [3.05, 3.63) is 133 Å². The van der Waals surface area contributed by atoms with Crippen LogP contribution >= 0.6 is 17.8 Å². The van der Waals surface area contributed by atoms with E-state index in [4.69, 9.17) is 17.8 Å². The number of benzene rings is 4. The maximum absolute atomic E-state index is 6.56. The van der Waals surface area contributed by atoms with E-state index in [1.54, 1.807) is 0 Å². The molecule has 2 aromatic heterocycles. The van der Waals surface area contributed by atoms with E-state index in [0.717, 1.165) is 40.4 Å². The number of rotatable bonds is 3. The average Bonchev–Trinajstić information content (AvgIpc) is 2.94. The molecule has 6 rings (SSSR count). The van der Waals surface area contributed by atoms with Crippen molar-refractivity contribution in [2.75, 3.05) is 0 Å². The zero-order valence-electron chi connectivity index (χ0n) is 18.9. The van der Waals surface area contributed by atoms with Crippen LogP contribution in [-0.4, -0.2) is 26.1 Å². The van der Waals surface area contributed by atoms with E-state index in [1.165, 1.54) is 0 Å². The predicted octanol–water partition coefficient (Wildman–Crippen LogP) is 7.17. The standard InChI is InChI=1S/C18H12N2.2C6H5.2ClH.Sn/c1-3-7-15-13(5-1)9-11-17(19-15)18-12-10-14-6-2-4-8-16(14)20-18;2*1-2-4-6-5-3-1;;;/h1-12H;2*1-5H;2*1H;/q;;;;;+2/p-2. The fraction of sp³-hybridized carbons (Fsp3) is 0. The minimum Gasteiger partial charge on any atom is -0.246 e. The minimum atomic E-state index is -3.30. The molecule has 0 amide bonds. The molecule has 0 fully saturated rings. The number of hydrogen-bond acceptors (Lipinski definition) is 2. The second-order valence-electron chi connectivity index (χ2n) is 8.08. The third-order valence-corrected chi connectivity index (χ3v) is 17.6. The molecule has 0 saturated heterocycles. The van der Waals surface area contributed by atoms with Crippen LogP contribution in [-0.2, 0) is 0 Å². The van der Waals surface area contributed by atoms with Crippen LogP contribution in [0.2, 0.25) is 0 Å². The molecule has 0 N–H and O–H groups in total. The molecule has 4 aromatic carbocycles. The van der Waals surface area contributed by atoms with Crippen LogP contribution < -0.4 is 7.16 Å². The molecule has 6 aromatic rings. The molecule has 0 saturated carbocycles. The van der Waals surface area contributed by atoms with Crippen molar-refractivity contribution >= 4 is 62.9 Å². The largest absolute Gasteiger partial charge is 0.246 e. The van der Waals surface area contributed by atoms with E-state index >= 15 is 0 Å². The van der Waals surface area contributed by atoms with Gasteiger partial charge in [0.05, 0.1) is 22.4 Å². The van der Waals surface area contributed by atoms with E-state index in [9.17, 15) is 0 Å². The van der Waals surface area contributed by atoms with E-state index in [1.807, 2.05) is 109 Å². The van der Waals surface area contributed by atoms with Crippen LogP contribution in [0, 0.1) is 0 Å². The van der Waals surface area contributed by atoms with Crippen molar-refractivity contribution in [3.63, 3.8) is 0 Å². The summed E-state index contributed by atoms with van der Waals surface area (Å²) in [5.74, 6) is 0. The van der Waals surface area contributed by atoms with E-state index in [2.05, 4.69) is 34.2 Å². The fourth-order valence-corrected chi connectivity index (χ4v) is 11.7. The molecule has 2 heterocycles. The first-order chi connectivity index (χ1) is 17.1. The number of halogens is 2. The number of para-hydroxylation sites is 2. The van der Waals surface area contributed by atoms with Crippen LogP contribution in [0.25, 0.3) is 33.2 Å². The van der Waals surface area contributed by atoms with Gasteiger partial charge in [-0.05, 0) is 24.3 Å². The summed E-state index contributed by atoms with van der Waals surface area (Å²) in [5, 5.41) is 2.30. The van der Waals surface area contributed by atoms with Gasteiger partial charge in [0.2, 0.25) is 0 Å². The Hall–Kier alpha value is -2.92. The van der Waals surface area contributed by atoms with Crippen LogP contribution in [0.4, 0.5) is 0 Å². The Balaban J connectivity index is 0.000000152. The zero-order valence-corrected chi connectivity index (χ0v) is 23.2. The van der Waals surface area contributed by atoms with Gasteiger partial charge in [0.1, 0.15) is 0 Å². The van der Waals surface area contributed by atoms with Gasteiger partial charge in [0.15, 0.2) is 0 Å². The molecule has 35 heavy (non-hydrogen) atoms. The number of aromatic nitrogens is 2. The Labute approximate surface area is 216 Å². The Kier molecular flexibility index (Phi) is 7.33. The Bertz CT molecular complexity index is 1450. The molecule has 0 spiro atoms. The van der Waals surface area contributed by atoms with Crippen molar-refractivity contribution in [1.82, 2.24) is 9.97 Å². The Morgan fingerprint density at radius 3 is 1.20 bits per heavy atom. The van der Waals surface area contributed by atoms with Gasteiger partial charge in [0.25, 0.3) is 0 Å². The molecular formula is C30H22Cl2N2Sn. The van der Waals surface area contributed by atoms with Gasteiger partial charge in [-0.3, -0.25) is 0 Å². The Morgan fingerprint density at radius 2 is 0.771 bits per heavy atom. The Morgan fingerprint density at radius 1 is 0.400 bits per heavy atom. The molecule has 0 unspecified atom stereocenters. The maximum atomic E-state index is 6.56. The first-order valence-corrected chi connectivity index (χ1v) is 21.4. The third kappa shape index (κ3) is 5.51.